The molecule has 1 aromatic rings. The van der Waals surface area contributed by atoms with Crippen molar-refractivity contribution >= 4 is 5.82 Å². The fourth-order valence-corrected chi connectivity index (χ4v) is 2.07. The van der Waals surface area contributed by atoms with Gasteiger partial charge in [0.2, 0.25) is 0 Å². The van der Waals surface area contributed by atoms with Crippen molar-refractivity contribution in [2.24, 2.45) is 0 Å². The maximum Gasteiger partial charge on any atom is 0.304 e. The summed E-state index contributed by atoms with van der Waals surface area (Å²) in [5.41, 5.74) is 0.230. The lowest BCUT2D eigenvalue weighted by Gasteiger charge is -2.32. The SMILES string of the molecule is Cc1nc(N2CCC(F)(F)CC2)ccc1OC(F)C(F)F. The number of rotatable bonds is 4. The molecule has 0 saturated carbocycles. The number of aryl methyl sites for hydroxylation is 1. The average molecular weight is 310 g/mol. The molecule has 0 N–H and O–H groups in total. The first-order valence-corrected chi connectivity index (χ1v) is 6.48. The van der Waals surface area contributed by atoms with Crippen LogP contribution in [0, 0.1) is 6.92 Å². The molecule has 0 spiro atoms. The monoisotopic (exact) mass is 310 g/mol. The van der Waals surface area contributed by atoms with E-state index >= 15 is 0 Å². The third-order valence-corrected chi connectivity index (χ3v) is 3.28. The number of aromatic nitrogens is 1. The van der Waals surface area contributed by atoms with Gasteiger partial charge in [0.15, 0.2) is 0 Å². The smallest absolute Gasteiger partial charge is 0.304 e. The second kappa shape index (κ2) is 6.03. The normalized spacial score (nSPS) is 19.7. The summed E-state index contributed by atoms with van der Waals surface area (Å²) in [6, 6.07) is 2.77. The maximum atomic E-state index is 13.1. The van der Waals surface area contributed by atoms with Gasteiger partial charge in [0.05, 0.1) is 5.69 Å². The molecule has 1 saturated heterocycles. The van der Waals surface area contributed by atoms with Gasteiger partial charge in [-0.15, -0.1) is 0 Å². The molecule has 2 rings (SSSR count). The predicted octanol–water partition coefficient (Wildman–Crippen LogP) is 3.57. The van der Waals surface area contributed by atoms with Crippen LogP contribution in [0.15, 0.2) is 12.1 Å². The number of hydrogen-bond acceptors (Lipinski definition) is 3. The van der Waals surface area contributed by atoms with E-state index in [1.165, 1.54) is 19.1 Å². The molecule has 1 fully saturated rings. The second-order valence-electron chi connectivity index (χ2n) is 4.90. The van der Waals surface area contributed by atoms with Crippen molar-refractivity contribution in [1.82, 2.24) is 4.98 Å². The van der Waals surface area contributed by atoms with Crippen molar-refractivity contribution in [2.75, 3.05) is 18.0 Å². The number of hydrogen-bond donors (Lipinski definition) is 0. The zero-order valence-corrected chi connectivity index (χ0v) is 11.3. The lowest BCUT2D eigenvalue weighted by Crippen LogP contribution is -2.39. The van der Waals surface area contributed by atoms with Gasteiger partial charge in [-0.2, -0.15) is 4.39 Å². The van der Waals surface area contributed by atoms with E-state index in [4.69, 9.17) is 0 Å². The molecule has 0 radical (unpaired) electrons. The summed E-state index contributed by atoms with van der Waals surface area (Å²) in [7, 11) is 0. The Balaban J connectivity index is 2.05. The van der Waals surface area contributed by atoms with Gasteiger partial charge in [0, 0.05) is 25.9 Å². The number of anilines is 1. The molecule has 0 aromatic carbocycles. The predicted molar refractivity (Wildman–Crippen MR) is 66.9 cm³/mol. The summed E-state index contributed by atoms with van der Waals surface area (Å²) in [5, 5.41) is 0. The van der Waals surface area contributed by atoms with Gasteiger partial charge in [-0.3, -0.25) is 0 Å². The van der Waals surface area contributed by atoms with E-state index in [1.54, 1.807) is 4.90 Å². The molecule has 1 unspecified atom stereocenters. The number of halogens is 5. The number of nitrogens with zero attached hydrogens (tertiary/aromatic N) is 2. The van der Waals surface area contributed by atoms with Crippen molar-refractivity contribution in [1.29, 1.82) is 0 Å². The first kappa shape index (κ1) is 15.8. The van der Waals surface area contributed by atoms with Crippen molar-refractivity contribution in [3.8, 4) is 5.75 Å². The molecule has 1 aromatic heterocycles. The van der Waals surface area contributed by atoms with Gasteiger partial charge in [-0.25, -0.2) is 22.5 Å². The largest absolute Gasteiger partial charge is 0.453 e. The minimum absolute atomic E-state index is 0.0890. The van der Waals surface area contributed by atoms with Crippen molar-refractivity contribution in [3.63, 3.8) is 0 Å². The Morgan fingerprint density at radius 3 is 2.33 bits per heavy atom. The van der Waals surface area contributed by atoms with Crippen LogP contribution in [0.25, 0.3) is 0 Å². The zero-order valence-electron chi connectivity index (χ0n) is 11.3. The third kappa shape index (κ3) is 3.95. The first-order valence-electron chi connectivity index (χ1n) is 6.48. The maximum absolute atomic E-state index is 13.1. The summed E-state index contributed by atoms with van der Waals surface area (Å²) >= 11 is 0. The summed E-state index contributed by atoms with van der Waals surface area (Å²) in [6.45, 7) is 1.79. The van der Waals surface area contributed by atoms with Crippen LogP contribution >= 0.6 is 0 Å². The molecule has 0 bridgehead atoms. The number of alkyl halides is 5. The highest BCUT2D eigenvalue weighted by atomic mass is 19.3. The molecule has 8 heteroatoms. The topological polar surface area (TPSA) is 25.4 Å². The Morgan fingerprint density at radius 2 is 1.81 bits per heavy atom. The fourth-order valence-electron chi connectivity index (χ4n) is 2.07. The molecule has 0 aliphatic carbocycles. The fraction of sp³-hybridized carbons (Fsp3) is 0.615. The second-order valence-corrected chi connectivity index (χ2v) is 4.90. The third-order valence-electron chi connectivity index (χ3n) is 3.28. The van der Waals surface area contributed by atoms with Crippen LogP contribution in [0.4, 0.5) is 27.8 Å². The minimum Gasteiger partial charge on any atom is -0.453 e. The standard InChI is InChI=1S/C13H15F5N2O/c1-8-9(21-12(16)11(14)15)2-3-10(19-8)20-6-4-13(17,18)5-7-20/h2-3,11-12H,4-7H2,1H3. The van der Waals surface area contributed by atoms with E-state index in [9.17, 15) is 22.0 Å². The van der Waals surface area contributed by atoms with Crippen LogP contribution in [0.3, 0.4) is 0 Å². The van der Waals surface area contributed by atoms with E-state index in [1.807, 2.05) is 0 Å². The van der Waals surface area contributed by atoms with Crippen LogP contribution in [0.2, 0.25) is 0 Å². The Hall–Kier alpha value is -1.60. The highest BCUT2D eigenvalue weighted by Crippen LogP contribution is 2.31. The molecule has 0 amide bonds. The lowest BCUT2D eigenvalue weighted by atomic mass is 10.1. The van der Waals surface area contributed by atoms with E-state index in [2.05, 4.69) is 9.72 Å². The van der Waals surface area contributed by atoms with E-state index in [0.29, 0.717) is 5.82 Å². The zero-order chi connectivity index (χ0) is 15.6. The number of pyridine rings is 1. The van der Waals surface area contributed by atoms with Crippen LogP contribution in [-0.2, 0) is 0 Å². The molecule has 1 atom stereocenters. The van der Waals surface area contributed by atoms with Gasteiger partial charge >= 0.3 is 6.43 Å². The molecular weight excluding hydrogens is 295 g/mol. The number of ether oxygens (including phenoxy) is 1. The quantitative estimate of drug-likeness (QED) is 0.795. The molecule has 1 aliphatic heterocycles. The average Bonchev–Trinajstić information content (AvgIpc) is 2.41. The van der Waals surface area contributed by atoms with Gasteiger partial charge in [-0.1, -0.05) is 0 Å². The summed E-state index contributed by atoms with van der Waals surface area (Å²) in [5.74, 6) is -2.30. The van der Waals surface area contributed by atoms with Crippen LogP contribution < -0.4 is 9.64 Å². The molecule has 1 aliphatic rings. The van der Waals surface area contributed by atoms with Gasteiger partial charge in [0.1, 0.15) is 11.6 Å². The van der Waals surface area contributed by atoms with Gasteiger partial charge in [0.25, 0.3) is 12.3 Å². The van der Waals surface area contributed by atoms with Crippen molar-refractivity contribution in [3.05, 3.63) is 17.8 Å². The van der Waals surface area contributed by atoms with Gasteiger partial charge < -0.3 is 9.64 Å². The Kier molecular flexibility index (Phi) is 4.53. The minimum atomic E-state index is -3.24. The van der Waals surface area contributed by atoms with E-state index in [-0.39, 0.29) is 37.4 Å². The summed E-state index contributed by atoms with van der Waals surface area (Å²) in [4.78, 5) is 5.78. The van der Waals surface area contributed by atoms with Crippen molar-refractivity contribution in [2.45, 2.75) is 38.5 Å². The van der Waals surface area contributed by atoms with Crippen molar-refractivity contribution < 1.29 is 26.7 Å². The Morgan fingerprint density at radius 1 is 1.19 bits per heavy atom. The molecule has 2 heterocycles. The molecule has 118 valence electrons. The van der Waals surface area contributed by atoms with Crippen LogP contribution in [0.1, 0.15) is 18.5 Å². The summed E-state index contributed by atoms with van der Waals surface area (Å²) < 4.78 is 67.6. The summed E-state index contributed by atoms with van der Waals surface area (Å²) in [6.07, 6.45) is -6.48. The van der Waals surface area contributed by atoms with E-state index in [0.717, 1.165) is 0 Å². The molecular formula is C13H15F5N2O. The van der Waals surface area contributed by atoms with E-state index < -0.39 is 18.7 Å². The lowest BCUT2D eigenvalue weighted by molar-refractivity contribution is -0.0673. The molecule has 3 nitrogen and oxygen atoms in total. The van der Waals surface area contributed by atoms with Crippen LogP contribution in [0.5, 0.6) is 5.75 Å². The molecule has 21 heavy (non-hydrogen) atoms. The Bertz CT molecular complexity index is 487. The Labute approximate surface area is 118 Å². The van der Waals surface area contributed by atoms with Crippen LogP contribution in [-0.4, -0.2) is 36.8 Å². The van der Waals surface area contributed by atoms with Gasteiger partial charge in [-0.05, 0) is 19.1 Å². The highest BCUT2D eigenvalue weighted by molar-refractivity contribution is 5.44. The number of piperidine rings is 1. The highest BCUT2D eigenvalue weighted by Gasteiger charge is 2.34. The first-order chi connectivity index (χ1) is 9.78.